The van der Waals surface area contributed by atoms with Gasteiger partial charge in [-0.1, -0.05) is 0 Å². The average molecular weight is 281 g/mol. The third kappa shape index (κ3) is 1.96. The summed E-state index contributed by atoms with van der Waals surface area (Å²) in [5.41, 5.74) is 8.63. The van der Waals surface area contributed by atoms with Gasteiger partial charge < -0.3 is 15.0 Å². The molecule has 0 bridgehead atoms. The van der Waals surface area contributed by atoms with E-state index < -0.39 is 0 Å². The normalized spacial score (nSPS) is 12.8. The summed E-state index contributed by atoms with van der Waals surface area (Å²) in [6.45, 7) is 0.735. The molecule has 0 aliphatic carbocycles. The summed E-state index contributed by atoms with van der Waals surface area (Å²) in [6, 6.07) is 9.02. The van der Waals surface area contributed by atoms with Gasteiger partial charge in [-0.3, -0.25) is 4.79 Å². The van der Waals surface area contributed by atoms with Gasteiger partial charge in [-0.15, -0.1) is 0 Å². The minimum atomic E-state index is -0.153. The van der Waals surface area contributed by atoms with Crippen LogP contribution in [0.4, 0.5) is 5.69 Å². The molecule has 0 unspecified atom stereocenters. The van der Waals surface area contributed by atoms with Crippen LogP contribution in [-0.4, -0.2) is 17.5 Å². The van der Waals surface area contributed by atoms with E-state index in [1.807, 2.05) is 4.57 Å². The monoisotopic (exact) mass is 281 g/mol. The highest BCUT2D eigenvalue weighted by atomic mass is 16.5. The number of fused-ring (bicyclic) bond motifs is 1. The highest BCUT2D eigenvalue weighted by molar-refractivity contribution is 6.12. The Morgan fingerprint density at radius 1 is 1.38 bits per heavy atom. The topological polar surface area (TPSA) is 81.0 Å². The van der Waals surface area contributed by atoms with Crippen molar-refractivity contribution in [2.75, 3.05) is 12.8 Å². The van der Waals surface area contributed by atoms with Crippen LogP contribution in [0.15, 0.2) is 24.3 Å². The van der Waals surface area contributed by atoms with Crippen molar-refractivity contribution in [2.45, 2.75) is 19.4 Å². The molecular formula is C16H15N3O2. The maximum absolute atomic E-state index is 12.7. The number of ether oxygens (including phenoxy) is 1. The number of hydrogen-bond donors (Lipinski definition) is 1. The quantitative estimate of drug-likeness (QED) is 0.874. The van der Waals surface area contributed by atoms with E-state index in [2.05, 4.69) is 6.07 Å². The second kappa shape index (κ2) is 4.98. The van der Waals surface area contributed by atoms with Gasteiger partial charge in [0.05, 0.1) is 18.4 Å². The third-order valence-corrected chi connectivity index (χ3v) is 3.88. The molecule has 5 heteroatoms. The van der Waals surface area contributed by atoms with Crippen molar-refractivity contribution in [3.8, 4) is 11.8 Å². The first-order chi connectivity index (χ1) is 10.2. The first-order valence-corrected chi connectivity index (χ1v) is 6.77. The summed E-state index contributed by atoms with van der Waals surface area (Å²) < 4.78 is 6.98. The molecule has 5 nitrogen and oxygen atoms in total. The van der Waals surface area contributed by atoms with E-state index in [0.717, 1.165) is 25.1 Å². The maximum atomic E-state index is 12.7. The molecule has 1 aliphatic heterocycles. The van der Waals surface area contributed by atoms with Crippen LogP contribution in [0.2, 0.25) is 0 Å². The minimum Gasteiger partial charge on any atom is -0.497 e. The molecule has 1 aromatic heterocycles. The Bertz CT molecular complexity index is 751. The zero-order valence-corrected chi connectivity index (χ0v) is 11.7. The number of nitrogens with zero attached hydrogens (tertiary/aromatic N) is 2. The molecule has 2 heterocycles. The summed E-state index contributed by atoms with van der Waals surface area (Å²) in [7, 11) is 1.58. The number of rotatable bonds is 3. The summed E-state index contributed by atoms with van der Waals surface area (Å²) >= 11 is 0. The molecule has 2 aromatic rings. The third-order valence-electron chi connectivity index (χ3n) is 3.88. The van der Waals surface area contributed by atoms with Gasteiger partial charge in [-0.2, -0.15) is 5.26 Å². The number of nitrogen functional groups attached to an aromatic ring is 1. The predicted octanol–water partition coefficient (Wildman–Crippen LogP) is 2.13. The minimum absolute atomic E-state index is 0.153. The fourth-order valence-electron chi connectivity index (χ4n) is 2.85. The molecule has 2 N–H and O–H groups in total. The summed E-state index contributed by atoms with van der Waals surface area (Å²) in [6.07, 6.45) is 1.73. The Morgan fingerprint density at radius 2 is 2.10 bits per heavy atom. The molecule has 21 heavy (non-hydrogen) atoms. The lowest BCUT2D eigenvalue weighted by atomic mass is 10.1. The first-order valence-electron chi connectivity index (χ1n) is 6.77. The van der Waals surface area contributed by atoms with Gasteiger partial charge in [0.15, 0.2) is 0 Å². The van der Waals surface area contributed by atoms with E-state index in [-0.39, 0.29) is 5.78 Å². The van der Waals surface area contributed by atoms with Gasteiger partial charge in [0.1, 0.15) is 17.5 Å². The molecule has 0 saturated heterocycles. The van der Waals surface area contributed by atoms with Crippen LogP contribution in [0.1, 0.15) is 33.7 Å². The average Bonchev–Trinajstić information content (AvgIpc) is 3.06. The summed E-state index contributed by atoms with van der Waals surface area (Å²) in [5.74, 6) is 0.539. The highest BCUT2D eigenvalue weighted by Crippen LogP contribution is 2.32. The number of nitrogens with two attached hydrogens (primary N) is 1. The van der Waals surface area contributed by atoms with Gasteiger partial charge in [-0.05, 0) is 37.1 Å². The number of carbonyl (C=O) groups is 1. The van der Waals surface area contributed by atoms with Crippen LogP contribution in [0.3, 0.4) is 0 Å². The lowest BCUT2D eigenvalue weighted by Crippen LogP contribution is -2.11. The van der Waals surface area contributed by atoms with Crippen LogP contribution in [0.5, 0.6) is 5.75 Å². The fourth-order valence-corrected chi connectivity index (χ4v) is 2.85. The Morgan fingerprint density at radius 3 is 2.71 bits per heavy atom. The van der Waals surface area contributed by atoms with Gasteiger partial charge in [0.25, 0.3) is 0 Å². The molecule has 1 aliphatic rings. The fraction of sp³-hybridized carbons (Fsp3) is 0.250. The van der Waals surface area contributed by atoms with Gasteiger partial charge in [0.2, 0.25) is 5.78 Å². The van der Waals surface area contributed by atoms with Crippen molar-refractivity contribution in [3.05, 3.63) is 46.8 Å². The van der Waals surface area contributed by atoms with Gasteiger partial charge in [0, 0.05) is 17.8 Å². The van der Waals surface area contributed by atoms with Gasteiger partial charge >= 0.3 is 0 Å². The molecular weight excluding hydrogens is 266 g/mol. The molecule has 0 fully saturated rings. The van der Waals surface area contributed by atoms with Crippen molar-refractivity contribution < 1.29 is 9.53 Å². The van der Waals surface area contributed by atoms with Crippen molar-refractivity contribution >= 4 is 11.5 Å². The zero-order valence-electron chi connectivity index (χ0n) is 11.7. The Balaban J connectivity index is 2.08. The van der Waals surface area contributed by atoms with Gasteiger partial charge in [-0.25, -0.2) is 0 Å². The van der Waals surface area contributed by atoms with E-state index in [4.69, 9.17) is 10.5 Å². The summed E-state index contributed by atoms with van der Waals surface area (Å²) in [5, 5.41) is 9.25. The van der Waals surface area contributed by atoms with E-state index in [1.54, 1.807) is 31.4 Å². The Labute approximate surface area is 122 Å². The van der Waals surface area contributed by atoms with Crippen LogP contribution in [0.25, 0.3) is 0 Å². The number of carbonyl (C=O) groups excluding carboxylic acids is 1. The second-order valence-electron chi connectivity index (χ2n) is 5.01. The predicted molar refractivity (Wildman–Crippen MR) is 78.3 cm³/mol. The number of methoxy groups -OCH3 is 1. The first kappa shape index (κ1) is 13.3. The largest absolute Gasteiger partial charge is 0.497 e. The lowest BCUT2D eigenvalue weighted by Gasteiger charge is -2.07. The van der Waals surface area contributed by atoms with Crippen molar-refractivity contribution in [2.24, 2.45) is 0 Å². The molecule has 0 amide bonds. The Hall–Kier alpha value is -2.74. The number of hydrogen-bond acceptors (Lipinski definition) is 4. The van der Waals surface area contributed by atoms with Crippen LogP contribution in [0, 0.1) is 11.3 Å². The molecule has 3 rings (SSSR count). The van der Waals surface area contributed by atoms with Crippen molar-refractivity contribution in [3.63, 3.8) is 0 Å². The van der Waals surface area contributed by atoms with Crippen molar-refractivity contribution in [1.82, 2.24) is 4.57 Å². The number of benzene rings is 1. The highest BCUT2D eigenvalue weighted by Gasteiger charge is 2.28. The molecule has 0 saturated carbocycles. The summed E-state index contributed by atoms with van der Waals surface area (Å²) in [4.78, 5) is 12.7. The molecule has 106 valence electrons. The number of nitriles is 1. The molecule has 0 spiro atoms. The SMILES string of the molecule is COc1ccc(C(=O)c2c(N)c(C#N)c3n2CCC3)cc1. The lowest BCUT2D eigenvalue weighted by molar-refractivity contribution is 0.103. The number of anilines is 1. The standard InChI is InChI=1S/C16H15N3O2/c1-21-11-6-4-10(5-7-11)16(20)15-14(18)12(9-17)13-3-2-8-19(13)15/h4-7H,2-3,8,18H2,1H3. The van der Waals surface area contributed by atoms with Crippen LogP contribution >= 0.6 is 0 Å². The van der Waals surface area contributed by atoms with Crippen LogP contribution in [-0.2, 0) is 13.0 Å². The smallest absolute Gasteiger partial charge is 0.211 e. The second-order valence-corrected chi connectivity index (χ2v) is 5.01. The van der Waals surface area contributed by atoms with E-state index in [0.29, 0.717) is 28.3 Å². The maximum Gasteiger partial charge on any atom is 0.211 e. The van der Waals surface area contributed by atoms with Crippen LogP contribution < -0.4 is 10.5 Å². The van der Waals surface area contributed by atoms with E-state index >= 15 is 0 Å². The van der Waals surface area contributed by atoms with E-state index in [1.165, 1.54) is 0 Å². The number of aromatic nitrogens is 1. The molecule has 0 atom stereocenters. The zero-order chi connectivity index (χ0) is 15.0. The molecule has 0 radical (unpaired) electrons. The van der Waals surface area contributed by atoms with E-state index in [9.17, 15) is 10.1 Å². The Kier molecular flexibility index (Phi) is 3.15. The number of ketones is 1. The molecule has 1 aromatic carbocycles. The van der Waals surface area contributed by atoms with Crippen molar-refractivity contribution in [1.29, 1.82) is 5.26 Å².